The van der Waals surface area contributed by atoms with Gasteiger partial charge in [-0.05, 0) is 34.6 Å². The van der Waals surface area contributed by atoms with E-state index < -0.39 is 5.41 Å². The van der Waals surface area contributed by atoms with Crippen LogP contribution in [0.4, 0.5) is 0 Å². The van der Waals surface area contributed by atoms with E-state index in [0.29, 0.717) is 0 Å². The Morgan fingerprint density at radius 1 is 1.44 bits per heavy atom. The van der Waals surface area contributed by atoms with Gasteiger partial charge in [0.2, 0.25) is 0 Å². The van der Waals surface area contributed by atoms with Crippen molar-refractivity contribution in [2.75, 3.05) is 0 Å². The van der Waals surface area contributed by atoms with Crippen LogP contribution in [0.5, 0.6) is 0 Å². The average molecular weight is 328 g/mol. The van der Waals surface area contributed by atoms with Gasteiger partial charge in [-0.2, -0.15) is 0 Å². The molecule has 0 fully saturated rings. The monoisotopic (exact) mass is 328 g/mol. The third kappa shape index (κ3) is 2.73. The van der Waals surface area contributed by atoms with E-state index in [-0.39, 0.29) is 0 Å². The number of rotatable bonds is 6. The molecule has 1 aromatic carbocycles. The maximum atomic E-state index is 11.5. The molecule has 86 valence electrons. The summed E-state index contributed by atoms with van der Waals surface area (Å²) in [6.45, 7) is 6.12. The Hall–Kier alpha value is -0.640. The minimum absolute atomic E-state index is 0.502. The van der Waals surface area contributed by atoms with Crippen molar-refractivity contribution in [3.05, 3.63) is 46.1 Å². The largest absolute Gasteiger partial charge is 0.302 e. The van der Waals surface area contributed by atoms with E-state index in [4.69, 9.17) is 0 Å². The molecule has 0 heterocycles. The topological polar surface area (TPSA) is 17.1 Å². The number of benzene rings is 1. The highest BCUT2D eigenvalue weighted by atomic mass is 127. The van der Waals surface area contributed by atoms with Crippen LogP contribution in [0.2, 0.25) is 0 Å². The zero-order valence-electron chi connectivity index (χ0n) is 9.58. The van der Waals surface area contributed by atoms with Crippen molar-refractivity contribution < 1.29 is 4.79 Å². The summed E-state index contributed by atoms with van der Waals surface area (Å²) in [6, 6.07) is 9.93. The summed E-state index contributed by atoms with van der Waals surface area (Å²) in [4.78, 5) is 11.5. The lowest BCUT2D eigenvalue weighted by atomic mass is 9.78. The second kappa shape index (κ2) is 6.18. The van der Waals surface area contributed by atoms with Gasteiger partial charge in [0, 0.05) is 3.58 Å². The molecular formula is C14H17IO. The van der Waals surface area contributed by atoms with Gasteiger partial charge in [-0.3, -0.25) is 0 Å². The molecule has 2 heteroatoms. The van der Waals surface area contributed by atoms with E-state index in [1.807, 2.05) is 30.3 Å². The summed E-state index contributed by atoms with van der Waals surface area (Å²) in [5.74, 6) is 0. The maximum Gasteiger partial charge on any atom is 0.135 e. The summed E-state index contributed by atoms with van der Waals surface area (Å²) in [6.07, 6.45) is 4.02. The van der Waals surface area contributed by atoms with Crippen LogP contribution in [-0.2, 0) is 10.2 Å². The number of carbonyl (C=O) groups is 1. The smallest absolute Gasteiger partial charge is 0.135 e. The first kappa shape index (κ1) is 13.4. The van der Waals surface area contributed by atoms with Gasteiger partial charge < -0.3 is 4.79 Å². The molecule has 1 aromatic rings. The molecule has 0 amide bonds. The van der Waals surface area contributed by atoms with Crippen molar-refractivity contribution >= 4 is 28.9 Å². The quantitative estimate of drug-likeness (QED) is 0.563. The molecule has 0 aliphatic rings. The normalized spacial score (nSPS) is 14.1. The molecule has 0 aliphatic heterocycles. The van der Waals surface area contributed by atoms with Gasteiger partial charge in [-0.25, -0.2) is 0 Å². The summed E-state index contributed by atoms with van der Waals surface area (Å²) < 4.78 is 0.903. The van der Waals surface area contributed by atoms with Crippen LogP contribution in [0, 0.1) is 0 Å². The molecule has 1 unspecified atom stereocenters. The number of hydrogen-bond donors (Lipinski definition) is 0. The Morgan fingerprint density at radius 2 is 2.06 bits per heavy atom. The first-order valence-electron chi connectivity index (χ1n) is 5.54. The number of allylic oxidation sites excluding steroid dienone is 1. The van der Waals surface area contributed by atoms with E-state index in [1.54, 1.807) is 0 Å². The average Bonchev–Trinajstić information content (AvgIpc) is 2.31. The molecule has 0 radical (unpaired) electrons. The van der Waals surface area contributed by atoms with Crippen LogP contribution in [0.25, 0.3) is 0 Å². The zero-order valence-corrected chi connectivity index (χ0v) is 11.7. The fraction of sp³-hybridized carbons (Fsp3) is 0.357. The lowest BCUT2D eigenvalue weighted by Gasteiger charge is -2.28. The Labute approximate surface area is 111 Å². The predicted molar refractivity (Wildman–Crippen MR) is 76.9 cm³/mol. The highest BCUT2D eigenvalue weighted by Gasteiger charge is 2.33. The number of hydrogen-bond acceptors (Lipinski definition) is 1. The molecule has 0 saturated carbocycles. The van der Waals surface area contributed by atoms with Crippen LogP contribution >= 0.6 is 22.6 Å². The molecule has 0 bridgehead atoms. The molecule has 1 atom stereocenters. The Kier molecular flexibility index (Phi) is 5.19. The van der Waals surface area contributed by atoms with Gasteiger partial charge in [0.1, 0.15) is 6.29 Å². The van der Waals surface area contributed by atoms with Gasteiger partial charge in [-0.15, -0.1) is 0 Å². The number of unbranched alkanes of at least 4 members (excludes halogenated alkanes) is 1. The molecule has 16 heavy (non-hydrogen) atoms. The van der Waals surface area contributed by atoms with Gasteiger partial charge in [0.15, 0.2) is 0 Å². The van der Waals surface area contributed by atoms with Crippen molar-refractivity contribution in [2.45, 2.75) is 31.6 Å². The third-order valence-corrected chi connectivity index (χ3v) is 3.86. The molecule has 0 N–H and O–H groups in total. The van der Waals surface area contributed by atoms with Crippen molar-refractivity contribution in [2.24, 2.45) is 0 Å². The second-order valence-corrected chi connectivity index (χ2v) is 5.27. The van der Waals surface area contributed by atoms with Crippen LogP contribution in [0.3, 0.4) is 0 Å². The van der Waals surface area contributed by atoms with Gasteiger partial charge in [0.25, 0.3) is 0 Å². The van der Waals surface area contributed by atoms with Crippen molar-refractivity contribution in [3.8, 4) is 0 Å². The van der Waals surface area contributed by atoms with Crippen LogP contribution in [0.15, 0.2) is 40.5 Å². The minimum atomic E-state index is -0.502. The van der Waals surface area contributed by atoms with Crippen molar-refractivity contribution in [3.63, 3.8) is 0 Å². The third-order valence-electron chi connectivity index (χ3n) is 2.90. The van der Waals surface area contributed by atoms with E-state index in [9.17, 15) is 4.79 Å². The van der Waals surface area contributed by atoms with E-state index >= 15 is 0 Å². The Bertz CT molecular complexity index is 358. The fourth-order valence-corrected chi connectivity index (χ4v) is 2.53. The summed E-state index contributed by atoms with van der Waals surface area (Å²) in [5, 5.41) is 0. The molecule has 1 nitrogen and oxygen atoms in total. The highest BCUT2D eigenvalue weighted by molar-refractivity contribution is 14.1. The van der Waals surface area contributed by atoms with Gasteiger partial charge in [-0.1, -0.05) is 56.7 Å². The van der Waals surface area contributed by atoms with Gasteiger partial charge >= 0.3 is 0 Å². The summed E-state index contributed by atoms with van der Waals surface area (Å²) >= 11 is 2.17. The molecule has 0 saturated heterocycles. The van der Waals surface area contributed by atoms with Crippen molar-refractivity contribution in [1.29, 1.82) is 0 Å². The predicted octanol–water partition coefficient (Wildman–Crippen LogP) is 4.26. The van der Waals surface area contributed by atoms with E-state index in [0.717, 1.165) is 34.7 Å². The summed E-state index contributed by atoms with van der Waals surface area (Å²) in [7, 11) is 0. The maximum absolute atomic E-state index is 11.5. The standard InChI is InChI=1S/C14H17IO/c1-3-4-10-14(11-16,12(2)15)13-8-6-5-7-9-13/h5-9,11H,2-4,10H2,1H3. The van der Waals surface area contributed by atoms with E-state index in [2.05, 4.69) is 36.1 Å². The van der Waals surface area contributed by atoms with Gasteiger partial charge in [0.05, 0.1) is 5.41 Å². The Morgan fingerprint density at radius 3 is 2.50 bits per heavy atom. The Balaban J connectivity index is 3.12. The second-order valence-electron chi connectivity index (χ2n) is 3.96. The fourth-order valence-electron chi connectivity index (χ4n) is 1.82. The number of aldehydes is 1. The lowest BCUT2D eigenvalue weighted by Crippen LogP contribution is -2.28. The van der Waals surface area contributed by atoms with Crippen LogP contribution in [0.1, 0.15) is 31.7 Å². The van der Waals surface area contributed by atoms with Crippen molar-refractivity contribution in [1.82, 2.24) is 0 Å². The number of carbonyl (C=O) groups excluding carboxylic acids is 1. The minimum Gasteiger partial charge on any atom is -0.302 e. The van der Waals surface area contributed by atoms with Crippen LogP contribution in [-0.4, -0.2) is 6.29 Å². The van der Waals surface area contributed by atoms with Crippen LogP contribution < -0.4 is 0 Å². The van der Waals surface area contributed by atoms with E-state index in [1.165, 1.54) is 0 Å². The molecule has 0 aromatic heterocycles. The molecule has 1 rings (SSSR count). The molecular weight excluding hydrogens is 311 g/mol. The zero-order chi connectivity index (χ0) is 12.0. The first-order chi connectivity index (χ1) is 7.67. The molecule has 0 aliphatic carbocycles. The highest BCUT2D eigenvalue weighted by Crippen LogP contribution is 2.37. The lowest BCUT2D eigenvalue weighted by molar-refractivity contribution is -0.111. The molecule has 0 spiro atoms. The first-order valence-corrected chi connectivity index (χ1v) is 6.62. The SMILES string of the molecule is C=C(I)C(C=O)(CCCC)c1ccccc1. The summed E-state index contributed by atoms with van der Waals surface area (Å²) in [5.41, 5.74) is 0.551. The number of halogens is 1.